The molecule has 0 unspecified atom stereocenters. The van der Waals surface area contributed by atoms with Crippen molar-refractivity contribution in [2.75, 3.05) is 12.4 Å². The van der Waals surface area contributed by atoms with E-state index >= 15 is 0 Å². The molecule has 0 saturated heterocycles. The van der Waals surface area contributed by atoms with Crippen molar-refractivity contribution in [3.63, 3.8) is 0 Å². The number of amides is 2. The normalized spacial score (nSPS) is 15.2. The quantitative estimate of drug-likeness (QED) is 0.318. The summed E-state index contributed by atoms with van der Waals surface area (Å²) in [5.41, 5.74) is 1.73. The summed E-state index contributed by atoms with van der Waals surface area (Å²) in [5.74, 6) is -17.1. The van der Waals surface area contributed by atoms with Gasteiger partial charge >= 0.3 is 29.9 Å². The van der Waals surface area contributed by atoms with Crippen LogP contribution in [0, 0.1) is 6.92 Å². The lowest BCUT2D eigenvalue weighted by molar-refractivity contribution is -0.344. The van der Waals surface area contributed by atoms with Crippen LogP contribution in [0.4, 0.5) is 36.4 Å². The molecule has 1 aromatic carbocycles. The van der Waals surface area contributed by atoms with Crippen LogP contribution in [0.2, 0.25) is 0 Å². The second-order valence-corrected chi connectivity index (χ2v) is 7.88. The fourth-order valence-electron chi connectivity index (χ4n) is 3.50. The molecule has 15 heteroatoms. The van der Waals surface area contributed by atoms with E-state index in [-0.39, 0.29) is 52.5 Å². The Hall–Kier alpha value is -3.91. The van der Waals surface area contributed by atoms with Gasteiger partial charge in [0.05, 0.1) is 18.4 Å². The average molecular weight is 537 g/mol. The number of fused-ring (bicyclic) bond motifs is 1. The summed E-state index contributed by atoms with van der Waals surface area (Å²) in [6.45, 7) is 1.41. The number of rotatable bonds is 6. The first kappa shape index (κ1) is 27.7. The van der Waals surface area contributed by atoms with E-state index < -0.39 is 35.8 Å². The lowest BCUT2D eigenvalue weighted by Gasteiger charge is -2.26. The minimum absolute atomic E-state index is 0.0188. The van der Waals surface area contributed by atoms with E-state index in [2.05, 4.69) is 15.2 Å². The third-order valence-corrected chi connectivity index (χ3v) is 5.42. The second kappa shape index (κ2) is 9.86. The van der Waals surface area contributed by atoms with Crippen molar-refractivity contribution in [2.45, 2.75) is 44.2 Å². The van der Waals surface area contributed by atoms with E-state index in [1.165, 1.54) is 38.3 Å². The van der Waals surface area contributed by atoms with Crippen LogP contribution in [-0.4, -0.2) is 48.6 Å². The molecule has 0 spiro atoms. The van der Waals surface area contributed by atoms with Crippen molar-refractivity contribution in [3.8, 4) is 0 Å². The number of esters is 1. The van der Waals surface area contributed by atoms with Crippen molar-refractivity contribution in [2.24, 2.45) is 5.10 Å². The molecule has 2 N–H and O–H groups in total. The third kappa shape index (κ3) is 5.15. The number of benzene rings is 1. The number of carbonyl (C=O) groups excluding carboxylic acids is 3. The number of halogens is 7. The van der Waals surface area contributed by atoms with Crippen molar-refractivity contribution >= 4 is 29.2 Å². The Balaban J connectivity index is 1.82. The molecule has 1 heterocycles. The van der Waals surface area contributed by atoms with E-state index in [4.69, 9.17) is 4.42 Å². The first-order valence-electron chi connectivity index (χ1n) is 10.4. The summed E-state index contributed by atoms with van der Waals surface area (Å²) in [4.78, 5) is 35.8. The molecule has 37 heavy (non-hydrogen) atoms. The minimum Gasteiger partial charge on any atom is -0.465 e. The molecule has 8 nitrogen and oxygen atoms in total. The predicted molar refractivity (Wildman–Crippen MR) is 113 cm³/mol. The number of carbonyl (C=O) groups is 3. The lowest BCUT2D eigenvalue weighted by atomic mass is 9.93. The number of nitrogens with one attached hydrogen (secondary N) is 2. The van der Waals surface area contributed by atoms with Gasteiger partial charge in [0.15, 0.2) is 5.76 Å². The maximum atomic E-state index is 13.6. The number of nitrogens with zero attached hydrogens (tertiary/aromatic N) is 1. The molecule has 200 valence electrons. The maximum absolute atomic E-state index is 13.6. The van der Waals surface area contributed by atoms with Crippen LogP contribution >= 0.6 is 0 Å². The maximum Gasteiger partial charge on any atom is 0.460 e. The van der Waals surface area contributed by atoms with Crippen LogP contribution < -0.4 is 10.7 Å². The van der Waals surface area contributed by atoms with E-state index in [0.29, 0.717) is 6.42 Å². The van der Waals surface area contributed by atoms with Gasteiger partial charge in [0, 0.05) is 23.2 Å². The van der Waals surface area contributed by atoms with Gasteiger partial charge in [-0.2, -0.15) is 35.8 Å². The Morgan fingerprint density at radius 3 is 2.19 bits per heavy atom. The Labute approximate surface area is 203 Å². The van der Waals surface area contributed by atoms with Gasteiger partial charge in [-0.25, -0.2) is 10.2 Å². The summed E-state index contributed by atoms with van der Waals surface area (Å²) >= 11 is 0. The molecule has 1 aromatic heterocycles. The predicted octanol–water partition coefficient (Wildman–Crippen LogP) is 4.62. The molecule has 1 aliphatic carbocycles. The molecule has 0 aliphatic heterocycles. The lowest BCUT2D eigenvalue weighted by Crippen LogP contribution is -2.58. The number of anilines is 1. The molecule has 0 bridgehead atoms. The highest BCUT2D eigenvalue weighted by Gasteiger charge is 2.76. The third-order valence-electron chi connectivity index (χ3n) is 5.42. The highest BCUT2D eigenvalue weighted by Crippen LogP contribution is 2.46. The number of ether oxygens (including phenoxy) is 1. The number of aryl methyl sites for hydroxylation is 1. The van der Waals surface area contributed by atoms with Gasteiger partial charge in [0.25, 0.3) is 5.91 Å². The minimum atomic E-state index is -6.68. The molecule has 2 amide bonds. The first-order valence-corrected chi connectivity index (χ1v) is 10.4. The largest absolute Gasteiger partial charge is 0.465 e. The molecular formula is C22H18F7N3O5. The number of hydrogen-bond donors (Lipinski definition) is 2. The Kier molecular flexibility index (Phi) is 7.37. The van der Waals surface area contributed by atoms with E-state index in [1.54, 1.807) is 0 Å². The first-order chi connectivity index (χ1) is 17.1. The van der Waals surface area contributed by atoms with Crippen LogP contribution in [0.5, 0.6) is 0 Å². The van der Waals surface area contributed by atoms with Crippen molar-refractivity contribution in [3.05, 3.63) is 52.5 Å². The van der Waals surface area contributed by atoms with Crippen LogP contribution in [0.1, 0.15) is 50.6 Å². The fraction of sp³-hybridized carbons (Fsp3) is 0.364. The van der Waals surface area contributed by atoms with Gasteiger partial charge in [-0.1, -0.05) is 0 Å². The summed E-state index contributed by atoms with van der Waals surface area (Å²) in [6.07, 6.45) is -6.10. The molecule has 2 aromatic rings. The molecule has 0 fully saturated rings. The zero-order valence-corrected chi connectivity index (χ0v) is 19.1. The van der Waals surface area contributed by atoms with Crippen LogP contribution in [0.15, 0.2) is 33.8 Å². The van der Waals surface area contributed by atoms with E-state index in [1.807, 2.05) is 0 Å². The Morgan fingerprint density at radius 1 is 1.00 bits per heavy atom. The summed E-state index contributed by atoms with van der Waals surface area (Å²) in [5, 5.41) is 5.86. The summed E-state index contributed by atoms with van der Waals surface area (Å²) < 4.78 is 100. The molecule has 0 radical (unpaired) electrons. The average Bonchev–Trinajstić information content (AvgIpc) is 3.18. The standard InChI is InChI=1S/C22H18F7N3O5/c1-10-15-13(31-32-19(35)20(23,24)21(25,26)22(27,28)29)4-3-5-14(15)37-16(10)17(33)30-12-8-6-11(7-9-12)18(34)36-2/h6-9H,3-5H2,1-2H3,(H,30,33)(H,32,35)/b31-13+. The number of alkyl halides is 7. The van der Waals surface area contributed by atoms with E-state index in [0.717, 1.165) is 5.43 Å². The molecule has 0 atom stereocenters. The van der Waals surface area contributed by atoms with Crippen LogP contribution in [0.3, 0.4) is 0 Å². The number of hydrazone groups is 1. The number of hydrogen-bond acceptors (Lipinski definition) is 6. The second-order valence-electron chi connectivity index (χ2n) is 7.88. The van der Waals surface area contributed by atoms with Gasteiger partial charge in [0.2, 0.25) is 0 Å². The number of furan rings is 1. The fourth-order valence-corrected chi connectivity index (χ4v) is 3.50. The van der Waals surface area contributed by atoms with Gasteiger partial charge in [0.1, 0.15) is 5.76 Å². The topological polar surface area (TPSA) is 110 Å². The number of methoxy groups -OCH3 is 1. The SMILES string of the molecule is COC(=O)c1ccc(NC(=O)c2oc3c(c2C)/C(=N/NC(=O)C(F)(F)C(F)(F)C(F)(F)F)CCC3)cc1. The van der Waals surface area contributed by atoms with Crippen LogP contribution in [0.25, 0.3) is 0 Å². The van der Waals surface area contributed by atoms with Crippen molar-refractivity contribution in [1.82, 2.24) is 5.43 Å². The summed E-state index contributed by atoms with van der Waals surface area (Å²) in [6, 6.07) is 5.63. The molecule has 1 aliphatic rings. The van der Waals surface area contributed by atoms with Crippen LogP contribution in [-0.2, 0) is 16.0 Å². The Morgan fingerprint density at radius 2 is 1.62 bits per heavy atom. The zero-order valence-electron chi connectivity index (χ0n) is 19.1. The smallest absolute Gasteiger partial charge is 0.460 e. The molecule has 3 rings (SSSR count). The van der Waals surface area contributed by atoms with Gasteiger partial charge in [-0.05, 0) is 44.0 Å². The van der Waals surface area contributed by atoms with Gasteiger partial charge in [-0.15, -0.1) is 0 Å². The molecular weight excluding hydrogens is 519 g/mol. The highest BCUT2D eigenvalue weighted by atomic mass is 19.4. The highest BCUT2D eigenvalue weighted by molar-refractivity contribution is 6.09. The van der Waals surface area contributed by atoms with Gasteiger partial charge in [-0.3, -0.25) is 9.59 Å². The monoisotopic (exact) mass is 537 g/mol. The van der Waals surface area contributed by atoms with Gasteiger partial charge < -0.3 is 14.5 Å². The molecule has 0 saturated carbocycles. The summed E-state index contributed by atoms with van der Waals surface area (Å²) in [7, 11) is 1.20. The zero-order chi connectivity index (χ0) is 27.8. The van der Waals surface area contributed by atoms with Crippen molar-refractivity contribution < 1.29 is 54.3 Å². The Bertz CT molecular complexity index is 1250. The van der Waals surface area contributed by atoms with Crippen molar-refractivity contribution in [1.29, 1.82) is 0 Å². The van der Waals surface area contributed by atoms with E-state index in [9.17, 15) is 45.1 Å².